The maximum absolute atomic E-state index is 15.1. The molecule has 1 atom stereocenters. The highest BCUT2D eigenvalue weighted by Crippen LogP contribution is 2.34. The molecule has 2 aliphatic heterocycles. The number of nitrogens with zero attached hydrogens (tertiary/aromatic N) is 1. The Hall–Kier alpha value is -2.97. The number of carbonyl (C=O) groups is 3. The molecular formula is C23H31FN4O4. The van der Waals surface area contributed by atoms with Gasteiger partial charge in [-0.3, -0.25) is 14.9 Å². The van der Waals surface area contributed by atoms with Gasteiger partial charge in [0.25, 0.3) is 0 Å². The van der Waals surface area contributed by atoms with Gasteiger partial charge in [0.15, 0.2) is 0 Å². The van der Waals surface area contributed by atoms with E-state index in [0.29, 0.717) is 42.7 Å². The van der Waals surface area contributed by atoms with Gasteiger partial charge in [0.05, 0.1) is 11.6 Å². The summed E-state index contributed by atoms with van der Waals surface area (Å²) in [5.74, 6) is -2.17. The maximum atomic E-state index is 15.1. The summed E-state index contributed by atoms with van der Waals surface area (Å²) in [5.41, 5.74) is 0.826. The van der Waals surface area contributed by atoms with Gasteiger partial charge in [-0.05, 0) is 63.6 Å². The second-order valence-electron chi connectivity index (χ2n) is 9.33. The van der Waals surface area contributed by atoms with E-state index in [1.165, 1.54) is 6.07 Å². The lowest BCUT2D eigenvalue weighted by molar-refractivity contribution is -0.134. The number of nitrogens with one attached hydrogen (secondary N) is 3. The molecule has 2 saturated heterocycles. The molecule has 8 nitrogen and oxygen atoms in total. The summed E-state index contributed by atoms with van der Waals surface area (Å²) in [7, 11) is 1.68. The molecule has 0 aliphatic carbocycles. The SMILES string of the molecule is CNc1cc(C2CCN(C(=O)OC(C)(C)C)CC2)c(F)cc1C(=N)C1CCC(=O)NC1=O. The zero-order valence-corrected chi connectivity index (χ0v) is 19.0. The van der Waals surface area contributed by atoms with Gasteiger partial charge >= 0.3 is 6.09 Å². The normalized spacial score (nSPS) is 20.0. The first-order chi connectivity index (χ1) is 15.0. The number of piperidine rings is 2. The standard InChI is InChI=1S/C23H31FN4O4/c1-23(2,3)32-22(31)28-9-7-13(8-10-28)15-12-18(26-4)16(11-17(15)24)20(25)14-5-6-19(29)27-21(14)30/h11-14,25-26H,5-10H2,1-4H3,(H,27,29,30). The van der Waals surface area contributed by atoms with Gasteiger partial charge in [0.2, 0.25) is 11.8 Å². The van der Waals surface area contributed by atoms with Gasteiger partial charge in [0.1, 0.15) is 11.4 Å². The first-order valence-corrected chi connectivity index (χ1v) is 10.9. The van der Waals surface area contributed by atoms with Crippen molar-refractivity contribution in [2.75, 3.05) is 25.5 Å². The van der Waals surface area contributed by atoms with Crippen LogP contribution in [0.15, 0.2) is 12.1 Å². The van der Waals surface area contributed by atoms with E-state index in [0.717, 1.165) is 0 Å². The molecule has 174 valence electrons. The first-order valence-electron chi connectivity index (χ1n) is 10.9. The number of hydrogen-bond acceptors (Lipinski definition) is 6. The molecule has 0 saturated carbocycles. The van der Waals surface area contributed by atoms with Crippen molar-refractivity contribution in [1.29, 1.82) is 5.41 Å². The van der Waals surface area contributed by atoms with Crippen LogP contribution in [-0.2, 0) is 14.3 Å². The number of benzene rings is 1. The average molecular weight is 447 g/mol. The molecule has 1 unspecified atom stereocenters. The number of halogens is 1. The third-order valence-corrected chi connectivity index (χ3v) is 5.87. The van der Waals surface area contributed by atoms with Crippen LogP contribution in [0.3, 0.4) is 0 Å². The topological polar surface area (TPSA) is 112 Å². The molecule has 9 heteroatoms. The van der Waals surface area contributed by atoms with Crippen molar-refractivity contribution in [3.8, 4) is 0 Å². The molecule has 0 radical (unpaired) electrons. The molecule has 0 spiro atoms. The highest BCUT2D eigenvalue weighted by molar-refractivity contribution is 6.17. The fourth-order valence-corrected chi connectivity index (χ4v) is 4.19. The Morgan fingerprint density at radius 2 is 1.88 bits per heavy atom. The molecule has 2 heterocycles. The van der Waals surface area contributed by atoms with Crippen LogP contribution in [0.2, 0.25) is 0 Å². The van der Waals surface area contributed by atoms with Crippen molar-refractivity contribution in [1.82, 2.24) is 10.2 Å². The molecule has 0 bridgehead atoms. The summed E-state index contributed by atoms with van der Waals surface area (Å²) in [6.07, 6.45) is 1.23. The van der Waals surface area contributed by atoms with Gasteiger partial charge in [-0.15, -0.1) is 0 Å². The number of carbonyl (C=O) groups excluding carboxylic acids is 3. The fraction of sp³-hybridized carbons (Fsp3) is 0.565. The van der Waals surface area contributed by atoms with Crippen LogP contribution in [0.25, 0.3) is 0 Å². The highest BCUT2D eigenvalue weighted by atomic mass is 19.1. The lowest BCUT2D eigenvalue weighted by atomic mass is 9.85. The summed E-state index contributed by atoms with van der Waals surface area (Å²) in [5, 5.41) is 13.7. The summed E-state index contributed by atoms with van der Waals surface area (Å²) in [4.78, 5) is 37.5. The fourth-order valence-electron chi connectivity index (χ4n) is 4.19. The molecule has 1 aromatic rings. The third-order valence-electron chi connectivity index (χ3n) is 5.87. The molecule has 32 heavy (non-hydrogen) atoms. The first kappa shape index (κ1) is 23.7. The Balaban J connectivity index is 1.75. The number of ether oxygens (including phenoxy) is 1. The Kier molecular flexibility index (Phi) is 6.85. The van der Waals surface area contributed by atoms with Crippen molar-refractivity contribution >= 4 is 29.3 Å². The van der Waals surface area contributed by atoms with Crippen LogP contribution in [0.4, 0.5) is 14.9 Å². The van der Waals surface area contributed by atoms with E-state index in [1.54, 1.807) is 18.0 Å². The summed E-state index contributed by atoms with van der Waals surface area (Å²) >= 11 is 0. The molecule has 1 aromatic carbocycles. The van der Waals surface area contributed by atoms with E-state index in [1.807, 2.05) is 20.8 Å². The zero-order valence-electron chi connectivity index (χ0n) is 19.0. The number of imide groups is 1. The Morgan fingerprint density at radius 1 is 1.22 bits per heavy atom. The smallest absolute Gasteiger partial charge is 0.410 e. The van der Waals surface area contributed by atoms with E-state index in [2.05, 4.69) is 10.6 Å². The number of likely N-dealkylation sites (tertiary alicyclic amines) is 1. The quantitative estimate of drug-likeness (QED) is 0.485. The van der Waals surface area contributed by atoms with Gasteiger partial charge < -0.3 is 20.4 Å². The third kappa shape index (κ3) is 5.26. The van der Waals surface area contributed by atoms with Crippen molar-refractivity contribution in [3.63, 3.8) is 0 Å². The van der Waals surface area contributed by atoms with Crippen LogP contribution < -0.4 is 10.6 Å². The molecule has 2 fully saturated rings. The minimum absolute atomic E-state index is 0.00968. The minimum atomic E-state index is -0.790. The van der Waals surface area contributed by atoms with E-state index in [9.17, 15) is 14.4 Å². The van der Waals surface area contributed by atoms with Gasteiger partial charge in [0, 0.05) is 37.8 Å². The van der Waals surface area contributed by atoms with Crippen molar-refractivity contribution in [2.45, 2.75) is 58.0 Å². The van der Waals surface area contributed by atoms with Crippen molar-refractivity contribution < 1.29 is 23.5 Å². The summed E-state index contributed by atoms with van der Waals surface area (Å²) in [6.45, 7) is 6.41. The Morgan fingerprint density at radius 3 is 2.44 bits per heavy atom. The maximum Gasteiger partial charge on any atom is 0.410 e. The number of hydrogen-bond donors (Lipinski definition) is 3. The lowest BCUT2D eigenvalue weighted by Crippen LogP contribution is -2.44. The van der Waals surface area contributed by atoms with E-state index < -0.39 is 23.2 Å². The van der Waals surface area contributed by atoms with E-state index in [4.69, 9.17) is 10.1 Å². The van der Waals surface area contributed by atoms with Gasteiger partial charge in [-0.1, -0.05) is 0 Å². The van der Waals surface area contributed by atoms with Gasteiger partial charge in [-0.2, -0.15) is 0 Å². The van der Waals surface area contributed by atoms with Crippen LogP contribution in [0, 0.1) is 17.1 Å². The summed E-state index contributed by atoms with van der Waals surface area (Å²) < 4.78 is 20.6. The van der Waals surface area contributed by atoms with Crippen molar-refractivity contribution in [2.24, 2.45) is 5.92 Å². The van der Waals surface area contributed by atoms with Crippen LogP contribution >= 0.6 is 0 Å². The molecular weight excluding hydrogens is 415 g/mol. The minimum Gasteiger partial charge on any atom is -0.444 e. The van der Waals surface area contributed by atoms with E-state index in [-0.39, 0.29) is 36.5 Å². The lowest BCUT2D eigenvalue weighted by Gasteiger charge is -2.34. The highest BCUT2D eigenvalue weighted by Gasteiger charge is 2.33. The molecule has 3 amide bonds. The van der Waals surface area contributed by atoms with Crippen LogP contribution in [0.5, 0.6) is 0 Å². The molecule has 3 rings (SSSR count). The Labute approximate surface area is 187 Å². The predicted octanol–water partition coefficient (Wildman–Crippen LogP) is 3.40. The predicted molar refractivity (Wildman–Crippen MR) is 118 cm³/mol. The largest absolute Gasteiger partial charge is 0.444 e. The zero-order chi connectivity index (χ0) is 23.6. The summed E-state index contributed by atoms with van der Waals surface area (Å²) in [6, 6.07) is 2.99. The van der Waals surface area contributed by atoms with Crippen LogP contribution in [-0.4, -0.2) is 54.3 Å². The Bertz CT molecular complexity index is 933. The monoisotopic (exact) mass is 446 g/mol. The van der Waals surface area contributed by atoms with E-state index >= 15 is 4.39 Å². The number of amides is 3. The second-order valence-corrected chi connectivity index (χ2v) is 9.33. The molecule has 0 aromatic heterocycles. The molecule has 2 aliphatic rings. The van der Waals surface area contributed by atoms with Crippen molar-refractivity contribution in [3.05, 3.63) is 29.1 Å². The van der Waals surface area contributed by atoms with Gasteiger partial charge in [-0.25, -0.2) is 9.18 Å². The second kappa shape index (κ2) is 9.26. The average Bonchev–Trinajstić information content (AvgIpc) is 2.72. The number of anilines is 1. The number of rotatable bonds is 4. The molecule has 3 N–H and O–H groups in total. The van der Waals surface area contributed by atoms with Crippen LogP contribution in [0.1, 0.15) is 63.5 Å².